The van der Waals surface area contributed by atoms with Crippen molar-refractivity contribution >= 4 is 5.91 Å². The molecule has 26 heavy (non-hydrogen) atoms. The summed E-state index contributed by atoms with van der Waals surface area (Å²) in [6.45, 7) is 5.49. The van der Waals surface area contributed by atoms with E-state index in [0.29, 0.717) is 24.2 Å². The summed E-state index contributed by atoms with van der Waals surface area (Å²) in [4.78, 5) is 22.2. The quantitative estimate of drug-likeness (QED) is 0.811. The first-order valence-corrected chi connectivity index (χ1v) is 10.7. The lowest BCUT2D eigenvalue weighted by molar-refractivity contribution is -0.139. The van der Waals surface area contributed by atoms with Crippen LogP contribution in [0.25, 0.3) is 0 Å². The molecule has 1 amide bonds. The van der Waals surface area contributed by atoms with E-state index in [9.17, 15) is 4.79 Å². The van der Waals surface area contributed by atoms with Gasteiger partial charge in [-0.25, -0.2) is 0 Å². The fourth-order valence-electron chi connectivity index (χ4n) is 5.70. The first-order valence-electron chi connectivity index (χ1n) is 10.7. The maximum Gasteiger partial charge on any atom is 0.222 e. The third-order valence-corrected chi connectivity index (χ3v) is 6.81. The van der Waals surface area contributed by atoms with Gasteiger partial charge in [-0.05, 0) is 56.1 Å². The van der Waals surface area contributed by atoms with Gasteiger partial charge in [0.25, 0.3) is 0 Å². The molecule has 0 saturated carbocycles. The van der Waals surface area contributed by atoms with Gasteiger partial charge in [0.1, 0.15) is 0 Å². The van der Waals surface area contributed by atoms with Crippen LogP contribution in [0, 0.1) is 11.8 Å². The van der Waals surface area contributed by atoms with Gasteiger partial charge < -0.3 is 4.90 Å². The predicted molar refractivity (Wildman–Crippen MR) is 104 cm³/mol. The summed E-state index contributed by atoms with van der Waals surface area (Å²) < 4.78 is 0. The fraction of sp³-hybridized carbons (Fsp3) is 0.727. The van der Waals surface area contributed by atoms with Crippen LogP contribution in [0.2, 0.25) is 0 Å². The summed E-state index contributed by atoms with van der Waals surface area (Å²) in [6.07, 6.45) is 11.3. The number of aromatic nitrogens is 1. The van der Waals surface area contributed by atoms with Crippen LogP contribution in [0.4, 0.5) is 0 Å². The molecule has 4 atom stereocenters. The first kappa shape index (κ1) is 18.0. The Morgan fingerprint density at radius 1 is 1.23 bits per heavy atom. The molecule has 4 rings (SSSR count). The van der Waals surface area contributed by atoms with Crippen molar-refractivity contribution in [2.24, 2.45) is 11.8 Å². The Kier molecular flexibility index (Phi) is 5.58. The van der Waals surface area contributed by atoms with Crippen molar-refractivity contribution in [2.75, 3.05) is 19.6 Å². The van der Waals surface area contributed by atoms with E-state index in [2.05, 4.69) is 21.7 Å². The van der Waals surface area contributed by atoms with E-state index >= 15 is 0 Å². The van der Waals surface area contributed by atoms with Gasteiger partial charge in [0, 0.05) is 50.0 Å². The highest BCUT2D eigenvalue weighted by Crippen LogP contribution is 2.40. The van der Waals surface area contributed by atoms with Gasteiger partial charge in [0.05, 0.1) is 0 Å². The number of aryl methyl sites for hydroxylation is 1. The van der Waals surface area contributed by atoms with Crippen molar-refractivity contribution in [3.05, 3.63) is 30.1 Å². The molecule has 0 N–H and O–H groups in total. The molecule has 3 fully saturated rings. The predicted octanol–water partition coefficient (Wildman–Crippen LogP) is 3.52. The lowest BCUT2D eigenvalue weighted by Crippen LogP contribution is -2.62. The Morgan fingerprint density at radius 2 is 2.15 bits per heavy atom. The largest absolute Gasteiger partial charge is 0.342 e. The maximum atomic E-state index is 12.8. The average molecular weight is 356 g/mol. The molecule has 0 spiro atoms. The lowest BCUT2D eigenvalue weighted by atomic mass is 9.74. The van der Waals surface area contributed by atoms with Gasteiger partial charge in [0.15, 0.2) is 0 Å². The summed E-state index contributed by atoms with van der Waals surface area (Å²) in [5.41, 5.74) is 1.03. The van der Waals surface area contributed by atoms with Gasteiger partial charge >= 0.3 is 0 Å². The average Bonchev–Trinajstić information content (AvgIpc) is 2.67. The van der Waals surface area contributed by atoms with E-state index in [-0.39, 0.29) is 0 Å². The molecular weight excluding hydrogens is 322 g/mol. The summed E-state index contributed by atoms with van der Waals surface area (Å²) in [5.74, 6) is 1.71. The monoisotopic (exact) mass is 355 g/mol. The highest BCUT2D eigenvalue weighted by molar-refractivity contribution is 5.76. The van der Waals surface area contributed by atoms with Crippen LogP contribution < -0.4 is 0 Å². The Morgan fingerprint density at radius 3 is 2.96 bits per heavy atom. The molecule has 3 aliphatic heterocycles. The van der Waals surface area contributed by atoms with Crippen LogP contribution in [0.3, 0.4) is 0 Å². The Labute approximate surface area is 158 Å². The highest BCUT2D eigenvalue weighted by Gasteiger charge is 2.44. The highest BCUT2D eigenvalue weighted by atomic mass is 16.2. The second kappa shape index (κ2) is 8.08. The molecule has 0 unspecified atom stereocenters. The van der Waals surface area contributed by atoms with Crippen LogP contribution in [0.1, 0.15) is 57.6 Å². The zero-order valence-electron chi connectivity index (χ0n) is 16.1. The second-order valence-electron chi connectivity index (χ2n) is 8.62. The number of hydrogen-bond acceptors (Lipinski definition) is 3. The topological polar surface area (TPSA) is 36.4 Å². The standard InChI is InChI=1S/C22H33N3O/c1-2-6-20-8-5-9-21-18-13-17(15-25(20)21)14-24(16-18)22(26)11-10-19-7-3-4-12-23-19/h3-4,7,12,17-18,20-21H,2,5-6,8-11,13-16H2,1H3/t17-,18+,20-,21-/m0/s1. The molecule has 4 nitrogen and oxygen atoms in total. The van der Waals surface area contributed by atoms with Crippen LogP contribution in [0.15, 0.2) is 24.4 Å². The van der Waals surface area contributed by atoms with E-state index in [1.807, 2.05) is 24.4 Å². The number of hydrogen-bond donors (Lipinski definition) is 0. The molecular formula is C22H33N3O. The normalized spacial score (nSPS) is 31.5. The van der Waals surface area contributed by atoms with E-state index in [1.165, 1.54) is 45.1 Å². The van der Waals surface area contributed by atoms with Gasteiger partial charge in [-0.3, -0.25) is 14.7 Å². The van der Waals surface area contributed by atoms with Crippen LogP contribution in [-0.2, 0) is 11.2 Å². The summed E-state index contributed by atoms with van der Waals surface area (Å²) in [5, 5.41) is 0. The van der Waals surface area contributed by atoms with Crippen molar-refractivity contribution in [1.82, 2.24) is 14.8 Å². The van der Waals surface area contributed by atoms with Crippen molar-refractivity contribution < 1.29 is 4.79 Å². The number of fused-ring (bicyclic) bond motifs is 4. The molecule has 142 valence electrons. The lowest BCUT2D eigenvalue weighted by Gasteiger charge is -2.55. The Hall–Kier alpha value is -1.42. The minimum absolute atomic E-state index is 0.333. The SMILES string of the molecule is CCC[C@H]1CCC[C@H]2[C@@H]3C[C@@H](CN(C(=O)CCc4ccccn4)C3)CN12. The van der Waals surface area contributed by atoms with Gasteiger partial charge in [-0.15, -0.1) is 0 Å². The molecule has 4 heteroatoms. The smallest absolute Gasteiger partial charge is 0.222 e. The van der Waals surface area contributed by atoms with E-state index in [1.54, 1.807) is 0 Å². The molecule has 2 bridgehead atoms. The second-order valence-corrected chi connectivity index (χ2v) is 8.62. The van der Waals surface area contributed by atoms with E-state index in [0.717, 1.165) is 37.3 Å². The number of likely N-dealkylation sites (tertiary alicyclic amines) is 1. The number of pyridine rings is 1. The summed E-state index contributed by atoms with van der Waals surface area (Å²) in [6, 6.07) is 7.48. The summed E-state index contributed by atoms with van der Waals surface area (Å²) in [7, 11) is 0. The molecule has 1 aromatic heterocycles. The van der Waals surface area contributed by atoms with Gasteiger partial charge in [-0.1, -0.05) is 25.8 Å². The van der Waals surface area contributed by atoms with Crippen molar-refractivity contribution in [1.29, 1.82) is 0 Å². The van der Waals surface area contributed by atoms with E-state index < -0.39 is 0 Å². The third-order valence-electron chi connectivity index (χ3n) is 6.81. The zero-order chi connectivity index (χ0) is 17.9. The third kappa shape index (κ3) is 3.80. The van der Waals surface area contributed by atoms with Crippen LogP contribution in [0.5, 0.6) is 0 Å². The minimum Gasteiger partial charge on any atom is -0.342 e. The Bertz CT molecular complexity index is 603. The van der Waals surface area contributed by atoms with Gasteiger partial charge in [0.2, 0.25) is 5.91 Å². The number of nitrogens with zero attached hydrogens (tertiary/aromatic N) is 3. The molecule has 4 heterocycles. The molecule has 3 saturated heterocycles. The minimum atomic E-state index is 0.333. The van der Waals surface area contributed by atoms with E-state index in [4.69, 9.17) is 0 Å². The summed E-state index contributed by atoms with van der Waals surface area (Å²) >= 11 is 0. The molecule has 0 aromatic carbocycles. The number of carbonyl (C=O) groups excluding carboxylic acids is 1. The Balaban J connectivity index is 1.37. The van der Waals surface area contributed by atoms with Crippen molar-refractivity contribution in [2.45, 2.75) is 70.4 Å². The van der Waals surface area contributed by atoms with Crippen molar-refractivity contribution in [3.63, 3.8) is 0 Å². The first-order chi connectivity index (χ1) is 12.7. The van der Waals surface area contributed by atoms with Crippen molar-refractivity contribution in [3.8, 4) is 0 Å². The van der Waals surface area contributed by atoms with Gasteiger partial charge in [-0.2, -0.15) is 0 Å². The number of rotatable bonds is 5. The van der Waals surface area contributed by atoms with Crippen LogP contribution >= 0.6 is 0 Å². The number of piperidine rings is 3. The zero-order valence-corrected chi connectivity index (χ0v) is 16.1. The molecule has 0 aliphatic carbocycles. The maximum absolute atomic E-state index is 12.8. The molecule has 3 aliphatic rings. The van der Waals surface area contributed by atoms with Crippen LogP contribution in [-0.4, -0.2) is 52.4 Å². The molecule has 0 radical (unpaired) electrons. The fourth-order valence-corrected chi connectivity index (χ4v) is 5.70. The molecule has 1 aromatic rings. The number of amides is 1. The number of carbonyl (C=O) groups is 1.